The van der Waals surface area contributed by atoms with Crippen LogP contribution in [0, 0.1) is 0 Å². The first-order chi connectivity index (χ1) is 15.3. The highest BCUT2D eigenvalue weighted by molar-refractivity contribution is 7.89. The topological polar surface area (TPSA) is 97.0 Å². The standard InChI is InChI=1S/C22H28ClN3O5S/c1-30-20-14-21(31-2)19(13-18(20)23)25-22(27)15-24-16-8-7-9-17(12-16)32(28,29)26-10-5-3-4-6-11-26/h7-9,12-14,24H,3-6,10-11,15H2,1-2H3,(H,25,27). The molecule has 1 heterocycles. The van der Waals surface area contributed by atoms with E-state index in [2.05, 4.69) is 10.6 Å². The van der Waals surface area contributed by atoms with E-state index in [1.165, 1.54) is 14.2 Å². The van der Waals surface area contributed by atoms with Gasteiger partial charge in [-0.1, -0.05) is 30.5 Å². The normalized spacial score (nSPS) is 15.0. The first kappa shape index (κ1) is 24.2. The number of sulfonamides is 1. The van der Waals surface area contributed by atoms with Crippen LogP contribution in [0.15, 0.2) is 41.3 Å². The molecule has 0 atom stereocenters. The van der Waals surface area contributed by atoms with Gasteiger partial charge in [-0.25, -0.2) is 8.42 Å². The molecule has 2 aromatic rings. The number of hydrogen-bond acceptors (Lipinski definition) is 6. The molecular weight excluding hydrogens is 454 g/mol. The number of benzene rings is 2. The van der Waals surface area contributed by atoms with Crippen LogP contribution in [-0.2, 0) is 14.8 Å². The maximum Gasteiger partial charge on any atom is 0.243 e. The van der Waals surface area contributed by atoms with Gasteiger partial charge in [-0.15, -0.1) is 0 Å². The minimum atomic E-state index is -3.57. The number of ether oxygens (including phenoxy) is 2. The van der Waals surface area contributed by atoms with Gasteiger partial charge >= 0.3 is 0 Å². The Morgan fingerprint density at radius 2 is 1.72 bits per heavy atom. The van der Waals surface area contributed by atoms with E-state index in [4.69, 9.17) is 21.1 Å². The third-order valence-electron chi connectivity index (χ3n) is 5.24. The van der Waals surface area contributed by atoms with Crippen LogP contribution in [0.5, 0.6) is 11.5 Å². The molecule has 0 saturated carbocycles. The Morgan fingerprint density at radius 1 is 1.03 bits per heavy atom. The Kier molecular flexibility index (Phi) is 8.22. The summed E-state index contributed by atoms with van der Waals surface area (Å²) in [5.41, 5.74) is 0.943. The van der Waals surface area contributed by atoms with Crippen LogP contribution in [0.2, 0.25) is 5.02 Å². The summed E-state index contributed by atoms with van der Waals surface area (Å²) in [6.07, 6.45) is 3.84. The van der Waals surface area contributed by atoms with E-state index in [0.717, 1.165) is 25.7 Å². The van der Waals surface area contributed by atoms with E-state index in [1.807, 2.05) is 0 Å². The first-order valence-electron chi connectivity index (χ1n) is 10.4. The second-order valence-corrected chi connectivity index (χ2v) is 9.78. The summed E-state index contributed by atoms with van der Waals surface area (Å²) in [4.78, 5) is 12.7. The summed E-state index contributed by atoms with van der Waals surface area (Å²) in [7, 11) is -0.597. The van der Waals surface area contributed by atoms with Crippen molar-refractivity contribution < 1.29 is 22.7 Å². The van der Waals surface area contributed by atoms with E-state index in [9.17, 15) is 13.2 Å². The number of carbonyl (C=O) groups excluding carboxylic acids is 1. The molecule has 0 radical (unpaired) electrons. The van der Waals surface area contributed by atoms with Crippen molar-refractivity contribution in [3.05, 3.63) is 41.4 Å². The second-order valence-electron chi connectivity index (χ2n) is 7.43. The molecule has 0 bridgehead atoms. The van der Waals surface area contributed by atoms with Crippen molar-refractivity contribution in [2.75, 3.05) is 44.5 Å². The van der Waals surface area contributed by atoms with E-state index < -0.39 is 10.0 Å². The fraction of sp³-hybridized carbons (Fsp3) is 0.409. The Bertz CT molecular complexity index is 1050. The maximum absolute atomic E-state index is 13.0. The zero-order valence-corrected chi connectivity index (χ0v) is 19.8. The van der Waals surface area contributed by atoms with Gasteiger partial charge in [-0.2, -0.15) is 4.31 Å². The number of halogens is 1. The third kappa shape index (κ3) is 5.85. The minimum Gasteiger partial charge on any atom is -0.495 e. The molecule has 1 aliphatic rings. The van der Waals surface area contributed by atoms with Crippen molar-refractivity contribution in [2.45, 2.75) is 30.6 Å². The van der Waals surface area contributed by atoms with Gasteiger partial charge in [0.25, 0.3) is 0 Å². The van der Waals surface area contributed by atoms with Gasteiger partial charge in [0.1, 0.15) is 11.5 Å². The summed E-state index contributed by atoms with van der Waals surface area (Å²) < 4.78 is 38.0. The minimum absolute atomic E-state index is 0.0694. The van der Waals surface area contributed by atoms with Gasteiger partial charge < -0.3 is 20.1 Å². The lowest BCUT2D eigenvalue weighted by Crippen LogP contribution is -2.32. The molecule has 8 nitrogen and oxygen atoms in total. The molecule has 1 fully saturated rings. The van der Waals surface area contributed by atoms with Crippen LogP contribution < -0.4 is 20.1 Å². The molecule has 0 unspecified atom stereocenters. The van der Waals surface area contributed by atoms with Gasteiger partial charge in [0, 0.05) is 24.8 Å². The molecule has 1 aliphatic heterocycles. The predicted octanol–water partition coefficient (Wildman–Crippen LogP) is 3.97. The highest BCUT2D eigenvalue weighted by Crippen LogP contribution is 2.35. The van der Waals surface area contributed by atoms with Gasteiger partial charge in [0.2, 0.25) is 15.9 Å². The van der Waals surface area contributed by atoms with Gasteiger partial charge in [-0.3, -0.25) is 4.79 Å². The van der Waals surface area contributed by atoms with Crippen LogP contribution in [0.4, 0.5) is 11.4 Å². The highest BCUT2D eigenvalue weighted by atomic mass is 35.5. The summed E-state index contributed by atoms with van der Waals surface area (Å²) in [6.45, 7) is 1.00. The van der Waals surface area contributed by atoms with E-state index >= 15 is 0 Å². The molecule has 1 saturated heterocycles. The number of carbonyl (C=O) groups is 1. The Morgan fingerprint density at radius 3 is 2.38 bits per heavy atom. The average Bonchev–Trinajstić information content (AvgIpc) is 3.08. The van der Waals surface area contributed by atoms with E-state index in [-0.39, 0.29) is 17.3 Å². The molecular formula is C22H28ClN3O5S. The van der Waals surface area contributed by atoms with Crippen molar-refractivity contribution >= 4 is 38.9 Å². The van der Waals surface area contributed by atoms with Gasteiger partial charge in [0.05, 0.1) is 36.4 Å². The number of methoxy groups -OCH3 is 2. The molecule has 32 heavy (non-hydrogen) atoms. The Balaban J connectivity index is 1.66. The largest absolute Gasteiger partial charge is 0.495 e. The number of nitrogens with zero attached hydrogens (tertiary/aromatic N) is 1. The van der Waals surface area contributed by atoms with Crippen LogP contribution in [0.1, 0.15) is 25.7 Å². The highest BCUT2D eigenvalue weighted by Gasteiger charge is 2.25. The van der Waals surface area contributed by atoms with Crippen LogP contribution in [0.25, 0.3) is 0 Å². The number of amides is 1. The molecule has 0 spiro atoms. The summed E-state index contributed by atoms with van der Waals surface area (Å²) in [5, 5.41) is 6.04. The smallest absolute Gasteiger partial charge is 0.243 e. The molecule has 174 valence electrons. The van der Waals surface area contributed by atoms with Crippen molar-refractivity contribution in [1.29, 1.82) is 0 Å². The second kappa shape index (κ2) is 10.9. The molecule has 2 aromatic carbocycles. The zero-order chi connectivity index (χ0) is 23.1. The average molecular weight is 482 g/mol. The fourth-order valence-electron chi connectivity index (χ4n) is 3.53. The van der Waals surface area contributed by atoms with Crippen molar-refractivity contribution in [3.8, 4) is 11.5 Å². The van der Waals surface area contributed by atoms with E-state index in [0.29, 0.717) is 41.0 Å². The number of anilines is 2. The molecule has 2 N–H and O–H groups in total. The van der Waals surface area contributed by atoms with Gasteiger partial charge in [-0.05, 0) is 37.1 Å². The van der Waals surface area contributed by atoms with Gasteiger partial charge in [0.15, 0.2) is 0 Å². The predicted molar refractivity (Wildman–Crippen MR) is 125 cm³/mol. The third-order valence-corrected chi connectivity index (χ3v) is 7.43. The number of nitrogens with one attached hydrogen (secondary N) is 2. The SMILES string of the molecule is COc1cc(OC)c(NC(=O)CNc2cccc(S(=O)(=O)N3CCCCCC3)c2)cc1Cl. The number of rotatable bonds is 8. The molecule has 3 rings (SSSR count). The summed E-state index contributed by atoms with van der Waals surface area (Å²) in [6, 6.07) is 9.65. The quantitative estimate of drug-likeness (QED) is 0.592. The van der Waals surface area contributed by atoms with Crippen LogP contribution >= 0.6 is 11.6 Å². The lowest BCUT2D eigenvalue weighted by molar-refractivity contribution is -0.114. The van der Waals surface area contributed by atoms with Crippen molar-refractivity contribution in [1.82, 2.24) is 4.31 Å². The van der Waals surface area contributed by atoms with Crippen LogP contribution in [0.3, 0.4) is 0 Å². The lowest BCUT2D eigenvalue weighted by Gasteiger charge is -2.20. The zero-order valence-electron chi connectivity index (χ0n) is 18.2. The van der Waals surface area contributed by atoms with E-state index in [1.54, 1.807) is 40.7 Å². The van der Waals surface area contributed by atoms with Crippen LogP contribution in [-0.4, -0.2) is 52.5 Å². The molecule has 1 amide bonds. The number of hydrogen-bond donors (Lipinski definition) is 2. The molecule has 0 aromatic heterocycles. The Hall–Kier alpha value is -2.49. The fourth-order valence-corrected chi connectivity index (χ4v) is 5.34. The maximum atomic E-state index is 13.0. The summed E-state index contributed by atoms with van der Waals surface area (Å²) >= 11 is 6.14. The lowest BCUT2D eigenvalue weighted by atomic mass is 10.2. The summed E-state index contributed by atoms with van der Waals surface area (Å²) in [5.74, 6) is 0.498. The molecule has 0 aliphatic carbocycles. The Labute approximate surface area is 193 Å². The van der Waals surface area contributed by atoms with Crippen molar-refractivity contribution in [3.63, 3.8) is 0 Å². The van der Waals surface area contributed by atoms with Crippen molar-refractivity contribution in [2.24, 2.45) is 0 Å². The monoisotopic (exact) mass is 481 g/mol. The molecule has 10 heteroatoms. The first-order valence-corrected chi connectivity index (χ1v) is 12.2.